The molecule has 1 aromatic carbocycles. The molecule has 0 aliphatic carbocycles. The van der Waals surface area contributed by atoms with Crippen LogP contribution in [0.2, 0.25) is 0 Å². The second-order valence-corrected chi connectivity index (χ2v) is 6.28. The van der Waals surface area contributed by atoms with Crippen molar-refractivity contribution in [2.75, 3.05) is 13.7 Å². The Bertz CT molecular complexity index is 793. The molecule has 3 rings (SSSR count). The Kier molecular flexibility index (Phi) is 5.25. The third-order valence-corrected chi connectivity index (χ3v) is 4.71. The van der Waals surface area contributed by atoms with Crippen LogP contribution in [0.15, 0.2) is 60.2 Å². The van der Waals surface area contributed by atoms with Crippen LogP contribution in [0.25, 0.3) is 0 Å². The van der Waals surface area contributed by atoms with Crippen molar-refractivity contribution in [3.63, 3.8) is 0 Å². The van der Waals surface area contributed by atoms with Crippen LogP contribution in [0.4, 0.5) is 0 Å². The zero-order valence-corrected chi connectivity index (χ0v) is 14.4. The van der Waals surface area contributed by atoms with Gasteiger partial charge in [-0.1, -0.05) is 6.07 Å². The highest BCUT2D eigenvalue weighted by Crippen LogP contribution is 2.22. The van der Waals surface area contributed by atoms with E-state index in [1.165, 1.54) is 7.11 Å². The van der Waals surface area contributed by atoms with Gasteiger partial charge in [0.05, 0.1) is 12.7 Å². The molecule has 7 heteroatoms. The molecule has 128 valence electrons. The topological polar surface area (TPSA) is 73.2 Å². The van der Waals surface area contributed by atoms with E-state index in [0.29, 0.717) is 17.7 Å². The minimum Gasteiger partial charge on any atom is -0.465 e. The van der Waals surface area contributed by atoms with Gasteiger partial charge in [0.1, 0.15) is 6.04 Å². The first-order chi connectivity index (χ1) is 12.2. The largest absolute Gasteiger partial charge is 0.465 e. The van der Waals surface area contributed by atoms with E-state index in [1.807, 2.05) is 34.5 Å². The molecule has 2 aromatic heterocycles. The van der Waals surface area contributed by atoms with Crippen molar-refractivity contribution >= 4 is 23.2 Å². The van der Waals surface area contributed by atoms with Gasteiger partial charge in [0, 0.05) is 29.4 Å². The number of thiophene rings is 1. The molecule has 0 radical (unpaired) electrons. The Labute approximate surface area is 149 Å². The molecular formula is C18H17N3O3S. The van der Waals surface area contributed by atoms with E-state index in [1.54, 1.807) is 41.8 Å². The lowest BCUT2D eigenvalue weighted by Gasteiger charge is -2.17. The van der Waals surface area contributed by atoms with Gasteiger partial charge in [-0.15, -0.1) is 11.3 Å². The van der Waals surface area contributed by atoms with E-state index < -0.39 is 5.97 Å². The van der Waals surface area contributed by atoms with Crippen LogP contribution in [0.1, 0.15) is 31.6 Å². The Morgan fingerprint density at radius 3 is 2.56 bits per heavy atom. The smallest absolute Gasteiger partial charge is 0.337 e. The maximum absolute atomic E-state index is 12.4. The van der Waals surface area contributed by atoms with Gasteiger partial charge in [0.25, 0.3) is 5.91 Å². The van der Waals surface area contributed by atoms with Gasteiger partial charge in [-0.2, -0.15) is 5.10 Å². The lowest BCUT2D eigenvalue weighted by Crippen LogP contribution is -2.31. The van der Waals surface area contributed by atoms with Crippen molar-refractivity contribution in [3.05, 3.63) is 76.2 Å². The molecule has 0 spiro atoms. The van der Waals surface area contributed by atoms with Crippen molar-refractivity contribution in [1.29, 1.82) is 0 Å². The van der Waals surface area contributed by atoms with Crippen LogP contribution in [0, 0.1) is 0 Å². The number of hydrogen-bond donors (Lipinski definition) is 1. The summed E-state index contributed by atoms with van der Waals surface area (Å²) in [5.41, 5.74) is 0.894. The number of rotatable bonds is 6. The van der Waals surface area contributed by atoms with E-state index in [4.69, 9.17) is 0 Å². The average molecular weight is 355 g/mol. The van der Waals surface area contributed by atoms with Crippen LogP contribution in [0.5, 0.6) is 0 Å². The van der Waals surface area contributed by atoms with E-state index >= 15 is 0 Å². The highest BCUT2D eigenvalue weighted by atomic mass is 32.1. The molecule has 0 saturated heterocycles. The Hall–Kier alpha value is -2.93. The van der Waals surface area contributed by atoms with Gasteiger partial charge in [-0.25, -0.2) is 4.79 Å². The van der Waals surface area contributed by atoms with E-state index in [-0.39, 0.29) is 11.9 Å². The SMILES string of the molecule is COC(=O)c1ccc(C(=O)NC[C@@H](c2cccs2)n2cccn2)cc1. The summed E-state index contributed by atoms with van der Waals surface area (Å²) < 4.78 is 6.48. The average Bonchev–Trinajstić information content (AvgIpc) is 3.35. The van der Waals surface area contributed by atoms with Crippen LogP contribution < -0.4 is 5.32 Å². The molecule has 0 unspecified atom stereocenters. The van der Waals surface area contributed by atoms with Crippen molar-refractivity contribution in [2.24, 2.45) is 0 Å². The first-order valence-corrected chi connectivity index (χ1v) is 8.56. The van der Waals surface area contributed by atoms with Crippen LogP contribution in [0.3, 0.4) is 0 Å². The number of carbonyl (C=O) groups excluding carboxylic acids is 2. The molecule has 1 atom stereocenters. The molecule has 0 bridgehead atoms. The fourth-order valence-electron chi connectivity index (χ4n) is 2.44. The molecule has 0 fully saturated rings. The van der Waals surface area contributed by atoms with Gasteiger partial charge in [0.15, 0.2) is 0 Å². The summed E-state index contributed by atoms with van der Waals surface area (Å²) in [6, 6.07) is 12.2. The Morgan fingerprint density at radius 2 is 1.96 bits per heavy atom. The lowest BCUT2D eigenvalue weighted by atomic mass is 10.1. The van der Waals surface area contributed by atoms with E-state index in [0.717, 1.165) is 4.88 Å². The summed E-state index contributed by atoms with van der Waals surface area (Å²) in [5, 5.41) is 9.21. The summed E-state index contributed by atoms with van der Waals surface area (Å²) >= 11 is 1.62. The maximum atomic E-state index is 12.4. The lowest BCUT2D eigenvalue weighted by molar-refractivity contribution is 0.0600. The number of hydrogen-bond acceptors (Lipinski definition) is 5. The van der Waals surface area contributed by atoms with E-state index in [2.05, 4.69) is 15.2 Å². The number of esters is 1. The fourth-order valence-corrected chi connectivity index (χ4v) is 3.26. The standard InChI is InChI=1S/C18H17N3O3S/c1-24-18(23)14-7-5-13(6-8-14)17(22)19-12-15(16-4-2-11-25-16)21-10-3-9-20-21/h2-11,15H,12H2,1H3,(H,19,22)/t15-/m0/s1. The Morgan fingerprint density at radius 1 is 1.20 bits per heavy atom. The molecule has 0 aliphatic rings. The molecule has 1 amide bonds. The highest BCUT2D eigenvalue weighted by molar-refractivity contribution is 7.10. The molecule has 0 aliphatic heterocycles. The number of methoxy groups -OCH3 is 1. The number of carbonyl (C=O) groups is 2. The zero-order chi connectivity index (χ0) is 17.6. The van der Waals surface area contributed by atoms with Crippen LogP contribution in [-0.4, -0.2) is 35.3 Å². The number of benzene rings is 1. The molecule has 25 heavy (non-hydrogen) atoms. The summed E-state index contributed by atoms with van der Waals surface area (Å²) in [4.78, 5) is 24.9. The van der Waals surface area contributed by atoms with Gasteiger partial charge >= 0.3 is 5.97 Å². The zero-order valence-electron chi connectivity index (χ0n) is 13.6. The third-order valence-electron chi connectivity index (χ3n) is 3.74. The molecule has 1 N–H and O–H groups in total. The second-order valence-electron chi connectivity index (χ2n) is 5.30. The first kappa shape index (κ1) is 16.9. The molecule has 2 heterocycles. The third kappa shape index (κ3) is 3.95. The van der Waals surface area contributed by atoms with Gasteiger partial charge in [-0.05, 0) is 41.8 Å². The number of nitrogens with one attached hydrogen (secondary N) is 1. The van der Waals surface area contributed by atoms with E-state index in [9.17, 15) is 9.59 Å². The van der Waals surface area contributed by atoms with Gasteiger partial charge < -0.3 is 10.1 Å². The molecule has 6 nitrogen and oxygen atoms in total. The Balaban J connectivity index is 1.69. The highest BCUT2D eigenvalue weighted by Gasteiger charge is 2.17. The molecule has 3 aromatic rings. The quantitative estimate of drug-likeness (QED) is 0.690. The predicted molar refractivity (Wildman–Crippen MR) is 94.8 cm³/mol. The predicted octanol–water partition coefficient (Wildman–Crippen LogP) is 2.75. The second kappa shape index (κ2) is 7.76. The number of nitrogens with zero attached hydrogens (tertiary/aromatic N) is 2. The maximum Gasteiger partial charge on any atom is 0.337 e. The molecular weight excluding hydrogens is 338 g/mol. The summed E-state index contributed by atoms with van der Waals surface area (Å²) in [6.45, 7) is 0.416. The fraction of sp³-hybridized carbons (Fsp3) is 0.167. The number of amides is 1. The van der Waals surface area contributed by atoms with Crippen molar-refractivity contribution < 1.29 is 14.3 Å². The van der Waals surface area contributed by atoms with Crippen molar-refractivity contribution in [2.45, 2.75) is 6.04 Å². The van der Waals surface area contributed by atoms with Crippen LogP contribution in [-0.2, 0) is 4.74 Å². The monoisotopic (exact) mass is 355 g/mol. The number of ether oxygens (including phenoxy) is 1. The number of aromatic nitrogens is 2. The summed E-state index contributed by atoms with van der Waals surface area (Å²) in [7, 11) is 1.32. The van der Waals surface area contributed by atoms with Gasteiger partial charge in [-0.3, -0.25) is 9.48 Å². The minimum atomic E-state index is -0.427. The summed E-state index contributed by atoms with van der Waals surface area (Å²) in [5.74, 6) is -0.631. The normalized spacial score (nSPS) is 11.7. The minimum absolute atomic E-state index is 0.0618. The van der Waals surface area contributed by atoms with Crippen molar-refractivity contribution in [3.8, 4) is 0 Å². The van der Waals surface area contributed by atoms with Gasteiger partial charge in [0.2, 0.25) is 0 Å². The first-order valence-electron chi connectivity index (χ1n) is 7.68. The summed E-state index contributed by atoms with van der Waals surface area (Å²) in [6.07, 6.45) is 3.59. The molecule has 0 saturated carbocycles. The van der Waals surface area contributed by atoms with Crippen LogP contribution >= 0.6 is 11.3 Å². The van der Waals surface area contributed by atoms with Crippen molar-refractivity contribution in [1.82, 2.24) is 15.1 Å².